The zero-order valence-electron chi connectivity index (χ0n) is 14.2. The van der Waals surface area contributed by atoms with Crippen LogP contribution in [0.4, 0.5) is 0 Å². The fourth-order valence-electron chi connectivity index (χ4n) is 2.37. The van der Waals surface area contributed by atoms with Crippen LogP contribution in [0.3, 0.4) is 0 Å². The molecule has 0 spiro atoms. The van der Waals surface area contributed by atoms with E-state index in [4.69, 9.17) is 4.42 Å². The summed E-state index contributed by atoms with van der Waals surface area (Å²) in [5.74, 6) is 1.66. The van der Waals surface area contributed by atoms with Gasteiger partial charge in [0.1, 0.15) is 0 Å². The third kappa shape index (κ3) is 3.36. The first-order valence-electron chi connectivity index (χ1n) is 7.90. The zero-order valence-corrected chi connectivity index (χ0v) is 15.0. The second kappa shape index (κ2) is 6.76. The third-order valence-electron chi connectivity index (χ3n) is 3.64. The number of para-hydroxylation sites is 1. The van der Waals surface area contributed by atoms with Crippen LogP contribution in [0.2, 0.25) is 0 Å². The van der Waals surface area contributed by atoms with Crippen LogP contribution in [0.25, 0.3) is 10.9 Å². The molecule has 0 amide bonds. The Morgan fingerprint density at radius 1 is 1.21 bits per heavy atom. The second-order valence-electron chi connectivity index (χ2n) is 6.17. The second-order valence-corrected chi connectivity index (χ2v) is 7.48. The van der Waals surface area contributed by atoms with Crippen molar-refractivity contribution in [2.45, 2.75) is 37.6 Å². The first kappa shape index (κ1) is 16.7. The third-order valence-corrected chi connectivity index (χ3v) is 4.77. The minimum atomic E-state index is -0.0855. The van der Waals surface area contributed by atoms with E-state index in [-0.39, 0.29) is 10.8 Å². The van der Waals surface area contributed by atoms with Crippen LogP contribution in [-0.4, -0.2) is 19.7 Å². The highest BCUT2D eigenvalue weighted by Gasteiger charge is 2.19. The lowest BCUT2D eigenvalue weighted by molar-refractivity contribution is 0.426. The monoisotopic (exact) mass is 344 g/mol. The van der Waals surface area contributed by atoms with Crippen LogP contribution in [0.1, 0.15) is 37.8 Å². The highest BCUT2D eigenvalue weighted by Crippen LogP contribution is 2.32. The van der Waals surface area contributed by atoms with Crippen molar-refractivity contribution in [3.05, 3.63) is 46.4 Å². The largest absolute Gasteiger partial charge is 0.424 e. The zero-order chi connectivity index (χ0) is 17.3. The molecular weight excluding hydrogens is 324 g/mol. The molecule has 24 heavy (non-hydrogen) atoms. The number of benzene rings is 1. The fourth-order valence-corrected chi connectivity index (χ4v) is 3.28. The molecule has 0 N–H and O–H groups in total. The number of nitrogens with zero attached hydrogens (tertiary/aromatic N) is 4. The highest BCUT2D eigenvalue weighted by molar-refractivity contribution is 7.99. The Bertz CT molecular complexity index is 916. The van der Waals surface area contributed by atoms with Gasteiger partial charge in [0, 0.05) is 13.5 Å². The summed E-state index contributed by atoms with van der Waals surface area (Å²) in [6.45, 7) is 6.19. The van der Waals surface area contributed by atoms with Crippen LogP contribution < -0.4 is 5.56 Å². The topological polar surface area (TPSA) is 73.8 Å². The van der Waals surface area contributed by atoms with Gasteiger partial charge in [-0.25, -0.2) is 4.98 Å². The van der Waals surface area contributed by atoms with Crippen molar-refractivity contribution in [3.63, 3.8) is 0 Å². The molecule has 0 saturated carbocycles. The lowest BCUT2D eigenvalue weighted by Crippen LogP contribution is -2.20. The lowest BCUT2D eigenvalue weighted by atomic mass is 10.1. The van der Waals surface area contributed by atoms with Crippen LogP contribution >= 0.6 is 11.8 Å². The van der Waals surface area contributed by atoms with Gasteiger partial charge in [-0.05, 0) is 25.0 Å². The van der Waals surface area contributed by atoms with Gasteiger partial charge in [-0.1, -0.05) is 37.7 Å². The quantitative estimate of drug-likeness (QED) is 0.522. The van der Waals surface area contributed by atoms with E-state index in [9.17, 15) is 4.79 Å². The molecule has 0 aliphatic heterocycles. The van der Waals surface area contributed by atoms with Crippen LogP contribution in [0.15, 0.2) is 38.6 Å². The predicted molar refractivity (Wildman–Crippen MR) is 94.1 cm³/mol. The molecular formula is C17H20N4O2S. The minimum absolute atomic E-state index is 0.0543. The van der Waals surface area contributed by atoms with Crippen molar-refractivity contribution in [1.82, 2.24) is 19.7 Å². The molecule has 0 aliphatic carbocycles. The molecule has 0 bridgehead atoms. The van der Waals surface area contributed by atoms with Crippen molar-refractivity contribution in [2.24, 2.45) is 13.0 Å². The SMILES string of the molecule is CC(C)Cc1nnc(C(C)Sc2nc3ccccc3c(=O)n2C)o1. The molecule has 7 heteroatoms. The van der Waals surface area contributed by atoms with Gasteiger partial charge >= 0.3 is 0 Å². The molecule has 0 fully saturated rings. The van der Waals surface area contributed by atoms with Gasteiger partial charge in [-0.15, -0.1) is 10.2 Å². The molecule has 0 saturated heterocycles. The Kier molecular flexibility index (Phi) is 4.71. The molecule has 1 aromatic carbocycles. The van der Waals surface area contributed by atoms with Gasteiger partial charge in [0.15, 0.2) is 5.16 Å². The van der Waals surface area contributed by atoms with E-state index in [0.29, 0.717) is 33.8 Å². The van der Waals surface area contributed by atoms with Crippen molar-refractivity contribution in [3.8, 4) is 0 Å². The molecule has 0 aliphatic rings. The molecule has 1 atom stereocenters. The first-order valence-corrected chi connectivity index (χ1v) is 8.78. The maximum atomic E-state index is 12.5. The van der Waals surface area contributed by atoms with E-state index < -0.39 is 0 Å². The maximum Gasteiger partial charge on any atom is 0.261 e. The maximum absolute atomic E-state index is 12.5. The van der Waals surface area contributed by atoms with Crippen molar-refractivity contribution in [2.75, 3.05) is 0 Å². The molecule has 1 unspecified atom stereocenters. The molecule has 2 aromatic heterocycles. The van der Waals surface area contributed by atoms with E-state index in [2.05, 4.69) is 29.0 Å². The Hall–Kier alpha value is -2.15. The number of hydrogen-bond acceptors (Lipinski definition) is 6. The number of thioether (sulfide) groups is 1. The summed E-state index contributed by atoms with van der Waals surface area (Å²) in [4.78, 5) is 17.0. The van der Waals surface area contributed by atoms with E-state index >= 15 is 0 Å². The van der Waals surface area contributed by atoms with E-state index in [1.165, 1.54) is 11.8 Å². The standard InChI is InChI=1S/C17H20N4O2S/c1-10(2)9-14-19-20-15(23-14)11(3)24-17-18-13-8-6-5-7-12(13)16(22)21(17)4/h5-8,10-11H,9H2,1-4H3. The fraction of sp³-hybridized carbons (Fsp3) is 0.412. The Labute approximate surface area is 144 Å². The molecule has 3 aromatic rings. The van der Waals surface area contributed by atoms with Gasteiger partial charge < -0.3 is 4.42 Å². The van der Waals surface area contributed by atoms with E-state index in [0.717, 1.165) is 6.42 Å². The van der Waals surface area contributed by atoms with Crippen LogP contribution in [0, 0.1) is 5.92 Å². The van der Waals surface area contributed by atoms with Gasteiger partial charge in [0.2, 0.25) is 11.8 Å². The minimum Gasteiger partial charge on any atom is -0.424 e. The normalized spacial score (nSPS) is 12.9. The van der Waals surface area contributed by atoms with E-state index in [1.54, 1.807) is 17.7 Å². The number of rotatable bonds is 5. The summed E-state index contributed by atoms with van der Waals surface area (Å²) < 4.78 is 7.29. The van der Waals surface area contributed by atoms with Crippen molar-refractivity contribution < 1.29 is 4.42 Å². The van der Waals surface area contributed by atoms with Crippen LogP contribution in [-0.2, 0) is 13.5 Å². The summed E-state index contributed by atoms with van der Waals surface area (Å²) in [6, 6.07) is 7.36. The Balaban J connectivity index is 1.88. The van der Waals surface area contributed by atoms with Gasteiger partial charge in [0.25, 0.3) is 5.56 Å². The summed E-state index contributed by atoms with van der Waals surface area (Å²) >= 11 is 1.44. The number of aromatic nitrogens is 4. The molecule has 0 radical (unpaired) electrons. The summed E-state index contributed by atoms with van der Waals surface area (Å²) in [6.07, 6.45) is 0.761. The summed E-state index contributed by atoms with van der Waals surface area (Å²) in [5, 5.41) is 9.39. The average Bonchev–Trinajstić information content (AvgIpc) is 3.00. The summed E-state index contributed by atoms with van der Waals surface area (Å²) in [5.41, 5.74) is 0.641. The van der Waals surface area contributed by atoms with Crippen molar-refractivity contribution >= 4 is 22.7 Å². The van der Waals surface area contributed by atoms with Gasteiger partial charge in [0.05, 0.1) is 16.2 Å². The predicted octanol–water partition coefficient (Wildman–Crippen LogP) is 3.37. The molecule has 3 rings (SSSR count). The van der Waals surface area contributed by atoms with Gasteiger partial charge in [-0.3, -0.25) is 9.36 Å². The molecule has 2 heterocycles. The highest BCUT2D eigenvalue weighted by atomic mass is 32.2. The molecule has 6 nitrogen and oxygen atoms in total. The Morgan fingerprint density at radius 2 is 1.96 bits per heavy atom. The molecule has 126 valence electrons. The van der Waals surface area contributed by atoms with Crippen molar-refractivity contribution in [1.29, 1.82) is 0 Å². The van der Waals surface area contributed by atoms with Crippen LogP contribution in [0.5, 0.6) is 0 Å². The number of fused-ring (bicyclic) bond motifs is 1. The van der Waals surface area contributed by atoms with Gasteiger partial charge in [-0.2, -0.15) is 0 Å². The first-order chi connectivity index (χ1) is 11.5. The summed E-state index contributed by atoms with van der Waals surface area (Å²) in [7, 11) is 1.73. The Morgan fingerprint density at radius 3 is 2.71 bits per heavy atom. The van der Waals surface area contributed by atoms with E-state index in [1.807, 2.05) is 25.1 Å². The smallest absolute Gasteiger partial charge is 0.261 e. The number of hydrogen-bond donors (Lipinski definition) is 0. The lowest BCUT2D eigenvalue weighted by Gasteiger charge is -2.11. The average molecular weight is 344 g/mol.